The molecule has 0 saturated heterocycles. The fraction of sp³-hybridized carbons (Fsp3) is 0.467. The Bertz CT molecular complexity index is 351. The molecule has 1 rings (SSSR count). The van der Waals surface area contributed by atoms with Crippen molar-refractivity contribution in [2.24, 2.45) is 5.92 Å². The van der Waals surface area contributed by atoms with Gasteiger partial charge in [0.25, 0.3) is 0 Å². The quantitative estimate of drug-likeness (QED) is 0.844. The van der Waals surface area contributed by atoms with Crippen LogP contribution in [0.2, 0.25) is 0 Å². The SMILES string of the molecule is CC(C)C.CCC.O=C(O)c1cccc(C(=O)O)c1. The molecule has 0 aliphatic carbocycles. The fourth-order valence-electron chi connectivity index (χ4n) is 0.785. The van der Waals surface area contributed by atoms with Crippen molar-refractivity contribution in [3.63, 3.8) is 0 Å². The predicted octanol–water partition coefficient (Wildman–Crippen LogP) is 4.16. The van der Waals surface area contributed by atoms with Crippen molar-refractivity contribution >= 4 is 11.9 Å². The van der Waals surface area contributed by atoms with E-state index in [0.717, 1.165) is 12.0 Å². The van der Waals surface area contributed by atoms with Crippen molar-refractivity contribution in [2.75, 3.05) is 0 Å². The Morgan fingerprint density at radius 2 is 1.26 bits per heavy atom. The van der Waals surface area contributed by atoms with Crippen molar-refractivity contribution in [3.05, 3.63) is 35.4 Å². The summed E-state index contributed by atoms with van der Waals surface area (Å²) >= 11 is 0. The lowest BCUT2D eigenvalue weighted by molar-refractivity contribution is 0.0696. The van der Waals surface area contributed by atoms with E-state index in [9.17, 15) is 9.59 Å². The summed E-state index contributed by atoms with van der Waals surface area (Å²) < 4.78 is 0. The Kier molecular flexibility index (Phi) is 11.6. The van der Waals surface area contributed by atoms with Crippen molar-refractivity contribution in [1.29, 1.82) is 0 Å². The summed E-state index contributed by atoms with van der Waals surface area (Å²) in [4.78, 5) is 20.8. The monoisotopic (exact) mass is 268 g/mol. The molecule has 0 aromatic heterocycles. The van der Waals surface area contributed by atoms with Crippen LogP contribution in [0.3, 0.4) is 0 Å². The van der Waals surface area contributed by atoms with Gasteiger partial charge in [0.05, 0.1) is 11.1 Å². The Morgan fingerprint density at radius 3 is 1.47 bits per heavy atom. The third kappa shape index (κ3) is 12.4. The van der Waals surface area contributed by atoms with E-state index in [1.165, 1.54) is 24.6 Å². The Balaban J connectivity index is 0. The van der Waals surface area contributed by atoms with Crippen molar-refractivity contribution in [2.45, 2.75) is 41.0 Å². The van der Waals surface area contributed by atoms with Gasteiger partial charge in [-0.15, -0.1) is 0 Å². The van der Waals surface area contributed by atoms with Gasteiger partial charge >= 0.3 is 11.9 Å². The van der Waals surface area contributed by atoms with Crippen LogP contribution in [0.5, 0.6) is 0 Å². The highest BCUT2D eigenvalue weighted by molar-refractivity contribution is 5.93. The van der Waals surface area contributed by atoms with E-state index < -0.39 is 11.9 Å². The van der Waals surface area contributed by atoms with Gasteiger partial charge in [0.15, 0.2) is 0 Å². The largest absolute Gasteiger partial charge is 0.478 e. The lowest BCUT2D eigenvalue weighted by Crippen LogP contribution is -2.01. The maximum absolute atomic E-state index is 10.4. The molecule has 0 aliphatic rings. The number of hydrogen-bond donors (Lipinski definition) is 2. The molecule has 0 aliphatic heterocycles. The maximum Gasteiger partial charge on any atom is 0.335 e. The van der Waals surface area contributed by atoms with Crippen molar-refractivity contribution in [3.8, 4) is 0 Å². The molecule has 4 nitrogen and oxygen atoms in total. The number of carboxylic acids is 2. The van der Waals surface area contributed by atoms with Gasteiger partial charge in [0, 0.05) is 0 Å². The molecular weight excluding hydrogens is 244 g/mol. The van der Waals surface area contributed by atoms with Crippen molar-refractivity contribution < 1.29 is 19.8 Å². The van der Waals surface area contributed by atoms with Gasteiger partial charge < -0.3 is 10.2 Å². The standard InChI is InChI=1S/C8H6O4.C4H10.C3H8/c9-7(10)5-2-1-3-6(4-5)8(11)12;1-4(2)3;1-3-2/h1-4H,(H,9,10)(H,11,12);4H,1-3H3;3H2,1-2H3. The van der Waals surface area contributed by atoms with Crippen LogP contribution < -0.4 is 0 Å². The van der Waals surface area contributed by atoms with Crippen LogP contribution in [0.1, 0.15) is 61.8 Å². The summed E-state index contributed by atoms with van der Waals surface area (Å²) in [7, 11) is 0. The van der Waals surface area contributed by atoms with Crippen LogP contribution in [-0.2, 0) is 0 Å². The first kappa shape index (κ1) is 19.5. The molecule has 4 heteroatoms. The second-order valence-corrected chi connectivity index (χ2v) is 4.63. The van der Waals surface area contributed by atoms with Crippen LogP contribution in [0, 0.1) is 5.92 Å². The number of hydrogen-bond acceptors (Lipinski definition) is 2. The minimum Gasteiger partial charge on any atom is -0.478 e. The number of carboxylic acid groups (broad SMARTS) is 2. The van der Waals surface area contributed by atoms with Crippen LogP contribution >= 0.6 is 0 Å². The molecule has 0 radical (unpaired) electrons. The van der Waals surface area contributed by atoms with E-state index in [4.69, 9.17) is 10.2 Å². The molecule has 1 aromatic rings. The molecule has 0 saturated carbocycles. The second-order valence-electron chi connectivity index (χ2n) is 4.63. The van der Waals surface area contributed by atoms with Gasteiger partial charge in [-0.2, -0.15) is 0 Å². The van der Waals surface area contributed by atoms with Gasteiger partial charge in [-0.1, -0.05) is 47.1 Å². The van der Waals surface area contributed by atoms with E-state index in [0.29, 0.717) is 0 Å². The Morgan fingerprint density at radius 1 is 1.00 bits per heavy atom. The third-order valence-electron chi connectivity index (χ3n) is 1.36. The molecule has 1 aromatic carbocycles. The highest BCUT2D eigenvalue weighted by atomic mass is 16.4. The third-order valence-corrected chi connectivity index (χ3v) is 1.36. The van der Waals surface area contributed by atoms with Crippen LogP contribution in [0.4, 0.5) is 0 Å². The summed E-state index contributed by atoms with van der Waals surface area (Å²) in [5.41, 5.74) is -0.0372. The van der Waals surface area contributed by atoms with Crippen LogP contribution in [0.15, 0.2) is 24.3 Å². The molecule has 0 heterocycles. The maximum atomic E-state index is 10.4. The van der Waals surface area contributed by atoms with Gasteiger partial charge in [0.1, 0.15) is 0 Å². The van der Waals surface area contributed by atoms with Gasteiger partial charge in [-0.3, -0.25) is 0 Å². The molecule has 19 heavy (non-hydrogen) atoms. The molecule has 0 unspecified atom stereocenters. The number of aromatic carboxylic acids is 2. The first-order valence-electron chi connectivity index (χ1n) is 6.32. The van der Waals surface area contributed by atoms with E-state index in [1.54, 1.807) is 0 Å². The molecule has 0 spiro atoms. The smallest absolute Gasteiger partial charge is 0.335 e. The van der Waals surface area contributed by atoms with E-state index in [1.807, 2.05) is 0 Å². The Labute approximate surface area is 115 Å². The Hall–Kier alpha value is -1.84. The average Bonchev–Trinajstić information content (AvgIpc) is 2.29. The van der Waals surface area contributed by atoms with Crippen LogP contribution in [-0.4, -0.2) is 22.2 Å². The fourth-order valence-corrected chi connectivity index (χ4v) is 0.785. The number of benzene rings is 1. The van der Waals surface area contributed by atoms with E-state index >= 15 is 0 Å². The summed E-state index contributed by atoms with van der Waals surface area (Å²) in [5.74, 6) is -1.42. The highest BCUT2D eigenvalue weighted by Gasteiger charge is 2.06. The molecule has 0 bridgehead atoms. The van der Waals surface area contributed by atoms with E-state index in [-0.39, 0.29) is 11.1 Å². The number of rotatable bonds is 2. The summed E-state index contributed by atoms with van der Waals surface area (Å²) in [6, 6.07) is 5.20. The topological polar surface area (TPSA) is 74.6 Å². The molecule has 108 valence electrons. The minimum absolute atomic E-state index is 0.0186. The summed E-state index contributed by atoms with van der Waals surface area (Å²) in [6.45, 7) is 10.8. The van der Waals surface area contributed by atoms with Gasteiger partial charge in [0.2, 0.25) is 0 Å². The van der Waals surface area contributed by atoms with Crippen LogP contribution in [0.25, 0.3) is 0 Å². The van der Waals surface area contributed by atoms with E-state index in [2.05, 4.69) is 34.6 Å². The molecular formula is C15H24O4. The first-order chi connectivity index (χ1) is 8.76. The van der Waals surface area contributed by atoms with Gasteiger partial charge in [-0.25, -0.2) is 9.59 Å². The zero-order chi connectivity index (χ0) is 15.4. The zero-order valence-corrected chi connectivity index (χ0v) is 12.3. The van der Waals surface area contributed by atoms with Crippen molar-refractivity contribution in [1.82, 2.24) is 0 Å². The summed E-state index contributed by atoms with van der Waals surface area (Å²) in [6.07, 6.45) is 1.25. The lowest BCUT2D eigenvalue weighted by atomic mass is 10.1. The second kappa shape index (κ2) is 11.3. The molecule has 0 amide bonds. The molecule has 0 fully saturated rings. The average molecular weight is 268 g/mol. The zero-order valence-electron chi connectivity index (χ0n) is 12.3. The molecule has 2 N–H and O–H groups in total. The van der Waals surface area contributed by atoms with Gasteiger partial charge in [-0.05, 0) is 24.1 Å². The normalized spacial score (nSPS) is 8.74. The predicted molar refractivity (Wildman–Crippen MR) is 76.8 cm³/mol. The first-order valence-corrected chi connectivity index (χ1v) is 6.32. The minimum atomic E-state index is -1.13. The highest BCUT2D eigenvalue weighted by Crippen LogP contribution is 2.04. The summed E-state index contributed by atoms with van der Waals surface area (Å²) in [5, 5.41) is 17.0. The lowest BCUT2D eigenvalue weighted by Gasteiger charge is -1.95. The number of carbonyl (C=O) groups is 2. The molecule has 0 atom stereocenters.